The first-order chi connectivity index (χ1) is 65.8. The van der Waals surface area contributed by atoms with Crippen molar-refractivity contribution in [2.45, 2.75) is 245 Å². The van der Waals surface area contributed by atoms with Gasteiger partial charge in [-0.15, -0.1) is 0 Å². The summed E-state index contributed by atoms with van der Waals surface area (Å²) in [6.45, 7) is -0.550. The van der Waals surface area contributed by atoms with Crippen LogP contribution in [0.3, 0.4) is 0 Å². The van der Waals surface area contributed by atoms with Gasteiger partial charge in [-0.2, -0.15) is 11.8 Å². The van der Waals surface area contributed by atoms with Crippen LogP contribution in [0.1, 0.15) is 146 Å². The summed E-state index contributed by atoms with van der Waals surface area (Å²) in [7, 11) is 0. The molecule has 2 heterocycles. The van der Waals surface area contributed by atoms with E-state index in [1.165, 1.54) is 48.5 Å². The molecule has 0 aliphatic carbocycles. The van der Waals surface area contributed by atoms with Gasteiger partial charge in [-0.05, 0) is 106 Å². The molecule has 2 aliphatic heterocycles. The van der Waals surface area contributed by atoms with Crippen molar-refractivity contribution in [3.63, 3.8) is 0 Å². The van der Waals surface area contributed by atoms with E-state index in [0.717, 1.165) is 28.5 Å². The van der Waals surface area contributed by atoms with E-state index in [4.69, 9.17) is 51.6 Å². The van der Waals surface area contributed by atoms with Crippen LogP contribution in [0.25, 0.3) is 0 Å². The lowest BCUT2D eigenvalue weighted by Crippen LogP contribution is -2.61. The number of carbonyl (C=O) groups is 27. The Hall–Kier alpha value is -15.8. The molecule has 4 rings (SSSR count). The molecule has 0 aromatic heterocycles. The van der Waals surface area contributed by atoms with E-state index >= 15 is 4.79 Å². The van der Waals surface area contributed by atoms with Crippen molar-refractivity contribution < 1.29 is 150 Å². The van der Waals surface area contributed by atoms with E-state index in [1.54, 1.807) is 12.3 Å². The summed E-state index contributed by atoms with van der Waals surface area (Å²) in [6.07, 6.45) is -11.4. The summed E-state index contributed by atoms with van der Waals surface area (Å²) >= 11 is 1.16. The van der Waals surface area contributed by atoms with Crippen LogP contribution in [-0.2, 0) is 142 Å². The highest BCUT2D eigenvalue weighted by Crippen LogP contribution is 2.24. The smallest absolute Gasteiger partial charge is 0.325 e. The van der Waals surface area contributed by atoms with E-state index in [9.17, 15) is 145 Å². The Morgan fingerprint density at radius 3 is 1.11 bits per heavy atom. The largest absolute Gasteiger partial charge is 0.508 e. The number of carbonyl (C=O) groups excluding carboxylic acids is 24. The monoisotopic (exact) mass is 1990 g/mol. The Kier molecular flexibility index (Phi) is 48.3. The van der Waals surface area contributed by atoms with Gasteiger partial charge in [0, 0.05) is 58.0 Å². The standard InChI is InChI=1S/C83H119N25O31S/c1-38(83(138)139)94-70(125)43(17-22-58(86)111)96-73(128)46(26-29-140-2)98-76(131)51(33-62(90)115)103-72(127)45(20-25-66(119)120)97-71(126)44(18-23-59(87)112)99-79(134)55-10-6-27-107(55)81(136)47(19-24-60(88)113)100-75(130)49(31-40-12-14-41(109)15-13-40)102-77(132)52(34-63(91)116)105-80(135)56-11-7-28-108(56)82(137)54(35-64(92)117)106-78(133)53(36-67(121)122)104-74(129)48(30-39-8-4-3-5-9-39)95-65(118)37-93-69(124)50(32-61(89)114)101-68(123)42(84)16-21-57(85)110/h3-5,8-9,12-15,38,42-56,109H,6-7,10-11,16-37,84H2,1-2H3,(H2,85,110)(H2,86,111)(H2,87,112)(H2,88,113)(H2,89,114)(H2,90,115)(H2,91,116)(H2,92,117)(H,93,124)(H,94,125)(H,95,118)(H,96,128)(H,97,126)(H,98,131)(H,99,134)(H,100,130)(H,101,123)(H,102,132)(H,103,127)(H,104,129)(H,105,135)(H,106,133)(H,119,120)(H,121,122)(H,138,139)/t38-,42-,43-,44-,45-,46-,47-,48-,49-,50-,51-,52-,53-,54-,55-,56-/m0/s1. The lowest BCUT2D eigenvalue weighted by molar-refractivity contribution is -0.144. The molecule has 140 heavy (non-hydrogen) atoms. The minimum Gasteiger partial charge on any atom is -0.508 e. The quantitative estimate of drug-likeness (QED) is 0.0292. The lowest BCUT2D eigenvalue weighted by Gasteiger charge is -2.31. The molecule has 2 aromatic rings. The van der Waals surface area contributed by atoms with E-state index in [-0.39, 0.29) is 75.1 Å². The summed E-state index contributed by atoms with van der Waals surface area (Å²) in [5.74, 6) is -33.4. The summed E-state index contributed by atoms with van der Waals surface area (Å²) < 4.78 is 0. The lowest BCUT2D eigenvalue weighted by atomic mass is 10.0. The van der Waals surface area contributed by atoms with Gasteiger partial charge in [0.15, 0.2) is 0 Å². The number of amides is 24. The second-order valence-corrected chi connectivity index (χ2v) is 33.6. The molecule has 36 N–H and O–H groups in total. The molecule has 0 saturated carbocycles. The van der Waals surface area contributed by atoms with Crippen LogP contribution >= 0.6 is 11.8 Å². The summed E-state index contributed by atoms with van der Waals surface area (Å²) in [5, 5.41) is 71.0. The second kappa shape index (κ2) is 58.0. The van der Waals surface area contributed by atoms with Gasteiger partial charge in [0.25, 0.3) is 0 Å². The molecule has 0 bridgehead atoms. The van der Waals surface area contributed by atoms with Crippen LogP contribution in [0.5, 0.6) is 5.75 Å². The zero-order valence-electron chi connectivity index (χ0n) is 76.1. The van der Waals surface area contributed by atoms with Gasteiger partial charge in [0.2, 0.25) is 142 Å². The topological polar surface area (TPSA) is 951 Å². The third-order valence-corrected chi connectivity index (χ3v) is 22.0. The normalized spacial score (nSPS) is 16.1. The molecule has 56 nitrogen and oxygen atoms in total. The summed E-state index contributed by atoms with van der Waals surface area (Å²) in [6, 6.07) is -16.5. The fraction of sp³-hybridized carbons (Fsp3) is 0.530. The number of phenolic OH excluding ortho intramolecular Hbond substituents is 1. The zero-order valence-corrected chi connectivity index (χ0v) is 76.9. The third kappa shape index (κ3) is 41.4. The molecule has 2 aliphatic rings. The average molecular weight is 2000 g/mol. The highest BCUT2D eigenvalue weighted by atomic mass is 32.2. The number of nitrogens with two attached hydrogens (primary N) is 9. The van der Waals surface area contributed by atoms with Crippen molar-refractivity contribution in [3.8, 4) is 5.75 Å². The number of aliphatic carboxylic acids is 3. The number of carboxylic acid groups (broad SMARTS) is 3. The molecule has 2 fully saturated rings. The molecule has 2 aromatic carbocycles. The van der Waals surface area contributed by atoms with Crippen LogP contribution in [-0.4, -0.2) is 318 Å². The molecule has 0 spiro atoms. The van der Waals surface area contributed by atoms with Crippen LogP contribution in [0.2, 0.25) is 0 Å². The predicted molar refractivity (Wildman–Crippen MR) is 482 cm³/mol. The Morgan fingerprint density at radius 1 is 0.350 bits per heavy atom. The Labute approximate surface area is 801 Å². The van der Waals surface area contributed by atoms with Gasteiger partial charge >= 0.3 is 17.9 Å². The van der Waals surface area contributed by atoms with Crippen LogP contribution in [0.4, 0.5) is 0 Å². The van der Waals surface area contributed by atoms with Crippen LogP contribution in [0, 0.1) is 0 Å². The number of rotatable bonds is 63. The number of hydrogen-bond acceptors (Lipinski definition) is 30. The van der Waals surface area contributed by atoms with Gasteiger partial charge < -0.3 is 156 Å². The number of hydrogen-bond donors (Lipinski definition) is 27. The number of aromatic hydroxyl groups is 1. The number of phenols is 1. The first kappa shape index (κ1) is 117. The molecule has 16 atom stereocenters. The van der Waals surface area contributed by atoms with Gasteiger partial charge in [0.05, 0.1) is 44.7 Å². The SMILES string of the molecule is CSCC[C@H](NC(=O)[C@H](CC(N)=O)NC(=O)[C@H](CCC(=O)O)NC(=O)[C@H](CCC(N)=O)NC(=O)[C@@H]1CCCN1C(=O)[C@H](CCC(N)=O)NC(=O)[C@H](Cc1ccc(O)cc1)NC(=O)[C@H](CC(N)=O)NC(=O)[C@@H]1CCCN1C(=O)[C@H](CC(N)=O)NC(=O)[C@H](CC(=O)O)NC(=O)[C@H](Cc1ccccc1)NC(=O)CNC(=O)[C@H](CC(N)=O)NC(=O)[C@@H](N)CCC(N)=O)C(=O)N[C@@H](CCC(N)=O)C(=O)N[C@@H](C)C(=O)O. The minimum atomic E-state index is -2.18. The van der Waals surface area contributed by atoms with E-state index < -0.39 is 359 Å². The maximum Gasteiger partial charge on any atom is 0.325 e. The third-order valence-electron chi connectivity index (χ3n) is 21.4. The van der Waals surface area contributed by atoms with Crippen molar-refractivity contribution >= 4 is 171 Å². The maximum absolute atomic E-state index is 15.0. The summed E-state index contributed by atoms with van der Waals surface area (Å²) in [5.41, 5.74) is 49.6. The van der Waals surface area contributed by atoms with Gasteiger partial charge in [-0.3, -0.25) is 129 Å². The van der Waals surface area contributed by atoms with Gasteiger partial charge in [-0.25, -0.2) is 0 Å². The number of nitrogens with one attached hydrogen (secondary N) is 14. The molecule has 768 valence electrons. The predicted octanol–water partition coefficient (Wildman–Crippen LogP) is -13.3. The van der Waals surface area contributed by atoms with Crippen molar-refractivity contribution in [3.05, 3.63) is 65.7 Å². The highest BCUT2D eigenvalue weighted by Gasteiger charge is 2.45. The maximum atomic E-state index is 15.0. The zero-order chi connectivity index (χ0) is 105. The Bertz CT molecular complexity index is 4920. The van der Waals surface area contributed by atoms with Crippen molar-refractivity contribution in [1.29, 1.82) is 0 Å². The highest BCUT2D eigenvalue weighted by molar-refractivity contribution is 7.98. The van der Waals surface area contributed by atoms with Crippen LogP contribution < -0.4 is 126 Å². The molecule has 0 unspecified atom stereocenters. The number of thioether (sulfide) groups is 1. The fourth-order valence-corrected chi connectivity index (χ4v) is 14.7. The Morgan fingerprint density at radius 2 is 0.679 bits per heavy atom. The van der Waals surface area contributed by atoms with E-state index in [2.05, 4.69) is 74.4 Å². The number of primary amides is 8. The Balaban J connectivity index is 1.62. The number of nitrogens with zero attached hydrogens (tertiary/aromatic N) is 2. The molecular weight excluding hydrogens is 1880 g/mol. The summed E-state index contributed by atoms with van der Waals surface area (Å²) in [4.78, 5) is 362. The van der Waals surface area contributed by atoms with Crippen molar-refractivity contribution in [2.75, 3.05) is 31.6 Å². The minimum absolute atomic E-state index is 0.00173. The second-order valence-electron chi connectivity index (χ2n) is 32.6. The first-order valence-corrected chi connectivity index (χ1v) is 45.0. The van der Waals surface area contributed by atoms with Gasteiger partial charge in [0.1, 0.15) is 96.4 Å². The van der Waals surface area contributed by atoms with Gasteiger partial charge in [-0.1, -0.05) is 42.5 Å². The number of likely N-dealkylation sites (tertiary alicyclic amines) is 2. The van der Waals surface area contributed by atoms with E-state index in [1.807, 2.05) is 0 Å². The van der Waals surface area contributed by atoms with E-state index in [0.29, 0.717) is 5.56 Å². The number of carboxylic acids is 3. The fourth-order valence-electron chi connectivity index (χ4n) is 14.2. The molecule has 2 saturated heterocycles. The molecule has 24 amide bonds. The number of benzene rings is 2. The van der Waals surface area contributed by atoms with Crippen LogP contribution in [0.15, 0.2) is 54.6 Å². The average Bonchev–Trinajstić information content (AvgIpc) is 1.68. The molecule has 57 heteroatoms. The molecule has 0 radical (unpaired) electrons. The van der Waals surface area contributed by atoms with Crippen molar-refractivity contribution in [1.82, 2.24) is 84.2 Å². The molecular formula is C83H119N25O31S. The van der Waals surface area contributed by atoms with Crippen molar-refractivity contribution in [2.24, 2.45) is 51.6 Å². The first-order valence-electron chi connectivity index (χ1n) is 43.6.